The van der Waals surface area contributed by atoms with Crippen molar-refractivity contribution < 1.29 is 19.3 Å². The van der Waals surface area contributed by atoms with Crippen LogP contribution in [0.5, 0.6) is 0 Å². The summed E-state index contributed by atoms with van der Waals surface area (Å²) in [5.74, 6) is -0.423. The van der Waals surface area contributed by atoms with Crippen LogP contribution in [0.4, 0.5) is 10.1 Å². The lowest BCUT2D eigenvalue weighted by atomic mass is 10.1. The van der Waals surface area contributed by atoms with Gasteiger partial charge in [0.25, 0.3) is 0 Å². The first-order valence-electron chi connectivity index (χ1n) is 5.61. The highest BCUT2D eigenvalue weighted by atomic mass is 19.1. The van der Waals surface area contributed by atoms with E-state index in [2.05, 4.69) is 0 Å². The van der Waals surface area contributed by atoms with Crippen LogP contribution in [0.1, 0.15) is 5.56 Å². The molecule has 1 saturated heterocycles. The molecular weight excluding hydrogens is 225 g/mol. The maximum Gasteiger partial charge on any atom is 0.130 e. The number of rotatable bonds is 3. The molecule has 4 nitrogen and oxygen atoms in total. The van der Waals surface area contributed by atoms with E-state index in [0.29, 0.717) is 25.4 Å². The van der Waals surface area contributed by atoms with Gasteiger partial charge >= 0.3 is 0 Å². The number of morpholine rings is 1. The molecule has 1 aromatic rings. The van der Waals surface area contributed by atoms with Gasteiger partial charge in [-0.15, -0.1) is 0 Å². The first-order chi connectivity index (χ1) is 8.27. The minimum absolute atomic E-state index is 0.0542. The van der Waals surface area contributed by atoms with Gasteiger partial charge in [-0.3, -0.25) is 0 Å². The molecule has 1 aliphatic rings. The Morgan fingerprint density at radius 2 is 2.24 bits per heavy atom. The third-order valence-electron chi connectivity index (χ3n) is 3.00. The van der Waals surface area contributed by atoms with Crippen molar-refractivity contribution in [3.05, 3.63) is 29.6 Å². The van der Waals surface area contributed by atoms with Gasteiger partial charge in [0.15, 0.2) is 0 Å². The van der Waals surface area contributed by atoms with Crippen molar-refractivity contribution in [3.8, 4) is 0 Å². The average Bonchev–Trinajstić information content (AvgIpc) is 2.38. The largest absolute Gasteiger partial charge is 0.394 e. The lowest BCUT2D eigenvalue weighted by Crippen LogP contribution is -2.48. The molecule has 94 valence electrons. The Labute approximate surface area is 99.2 Å². The van der Waals surface area contributed by atoms with Gasteiger partial charge in [-0.1, -0.05) is 6.07 Å². The lowest BCUT2D eigenvalue weighted by Gasteiger charge is -2.37. The summed E-state index contributed by atoms with van der Waals surface area (Å²) in [5.41, 5.74) is 0.905. The summed E-state index contributed by atoms with van der Waals surface area (Å²) < 4.78 is 18.8. The molecule has 1 unspecified atom stereocenters. The second-order valence-corrected chi connectivity index (χ2v) is 4.00. The van der Waals surface area contributed by atoms with Crippen LogP contribution in [0.15, 0.2) is 18.2 Å². The van der Waals surface area contributed by atoms with Crippen molar-refractivity contribution in [2.24, 2.45) is 0 Å². The van der Waals surface area contributed by atoms with E-state index < -0.39 is 5.82 Å². The van der Waals surface area contributed by atoms with Crippen molar-refractivity contribution in [1.82, 2.24) is 0 Å². The van der Waals surface area contributed by atoms with Gasteiger partial charge in [0.2, 0.25) is 0 Å². The van der Waals surface area contributed by atoms with Gasteiger partial charge in [-0.2, -0.15) is 0 Å². The van der Waals surface area contributed by atoms with E-state index in [-0.39, 0.29) is 24.8 Å². The molecule has 2 N–H and O–H groups in total. The van der Waals surface area contributed by atoms with Gasteiger partial charge in [0.05, 0.1) is 32.5 Å². The standard InChI is InChI=1S/C12H16FNO3/c13-11-2-1-3-12(10(11)7-16)14-4-5-17-8-9(14)6-15/h1-3,9,15-16H,4-8H2. The van der Waals surface area contributed by atoms with Crippen LogP contribution < -0.4 is 4.90 Å². The van der Waals surface area contributed by atoms with Crippen LogP contribution >= 0.6 is 0 Å². The van der Waals surface area contributed by atoms with Gasteiger partial charge in [-0.05, 0) is 12.1 Å². The Balaban J connectivity index is 2.34. The maximum atomic E-state index is 13.6. The topological polar surface area (TPSA) is 52.9 Å². The normalized spacial score (nSPS) is 20.6. The van der Waals surface area contributed by atoms with Crippen molar-refractivity contribution in [3.63, 3.8) is 0 Å². The van der Waals surface area contributed by atoms with E-state index >= 15 is 0 Å². The molecule has 0 radical (unpaired) electrons. The van der Waals surface area contributed by atoms with Gasteiger partial charge in [-0.25, -0.2) is 4.39 Å². The number of ether oxygens (including phenoxy) is 1. The summed E-state index contributed by atoms with van der Waals surface area (Å²) in [6.45, 7) is 1.14. The fourth-order valence-corrected chi connectivity index (χ4v) is 2.10. The first-order valence-corrected chi connectivity index (χ1v) is 5.61. The Bertz CT molecular complexity index is 386. The molecule has 0 aliphatic carbocycles. The van der Waals surface area contributed by atoms with Gasteiger partial charge in [0, 0.05) is 17.8 Å². The minimum atomic E-state index is -0.423. The van der Waals surface area contributed by atoms with E-state index in [1.165, 1.54) is 6.07 Å². The van der Waals surface area contributed by atoms with Crippen molar-refractivity contribution in [2.75, 3.05) is 31.3 Å². The van der Waals surface area contributed by atoms with Crippen LogP contribution in [0, 0.1) is 5.82 Å². The average molecular weight is 241 g/mol. The Morgan fingerprint density at radius 1 is 1.41 bits per heavy atom. The molecule has 1 heterocycles. The second-order valence-electron chi connectivity index (χ2n) is 4.00. The Morgan fingerprint density at radius 3 is 2.94 bits per heavy atom. The summed E-state index contributed by atoms with van der Waals surface area (Å²) in [6.07, 6.45) is 0. The van der Waals surface area contributed by atoms with Crippen LogP contribution in [-0.4, -0.2) is 42.6 Å². The first kappa shape index (κ1) is 12.3. The number of hydrogen-bond donors (Lipinski definition) is 2. The number of hydrogen-bond acceptors (Lipinski definition) is 4. The van der Waals surface area contributed by atoms with E-state index in [0.717, 1.165) is 0 Å². The fourth-order valence-electron chi connectivity index (χ4n) is 2.10. The number of aliphatic hydroxyl groups excluding tert-OH is 2. The highest BCUT2D eigenvalue weighted by Crippen LogP contribution is 2.26. The molecule has 1 atom stereocenters. The number of nitrogens with zero attached hydrogens (tertiary/aromatic N) is 1. The second kappa shape index (κ2) is 5.44. The lowest BCUT2D eigenvalue weighted by molar-refractivity contribution is 0.0724. The molecule has 1 aromatic carbocycles. The molecule has 17 heavy (non-hydrogen) atoms. The van der Waals surface area contributed by atoms with E-state index in [9.17, 15) is 14.6 Å². The zero-order valence-electron chi connectivity index (χ0n) is 9.47. The monoisotopic (exact) mass is 241 g/mol. The smallest absolute Gasteiger partial charge is 0.130 e. The van der Waals surface area contributed by atoms with Crippen molar-refractivity contribution in [2.45, 2.75) is 12.6 Å². The van der Waals surface area contributed by atoms with Crippen LogP contribution in [0.25, 0.3) is 0 Å². The van der Waals surface area contributed by atoms with Crippen molar-refractivity contribution >= 4 is 5.69 Å². The molecule has 1 aliphatic heterocycles. The summed E-state index contributed by atoms with van der Waals surface area (Å²) in [5, 5.41) is 18.5. The molecular formula is C12H16FNO3. The van der Waals surface area contributed by atoms with E-state index in [4.69, 9.17) is 4.74 Å². The van der Waals surface area contributed by atoms with Gasteiger partial charge < -0.3 is 19.8 Å². The Kier molecular flexibility index (Phi) is 3.93. The summed E-state index contributed by atoms with van der Waals surface area (Å²) in [4.78, 5) is 1.89. The highest BCUT2D eigenvalue weighted by Gasteiger charge is 2.25. The zero-order valence-corrected chi connectivity index (χ0v) is 9.47. The van der Waals surface area contributed by atoms with Crippen LogP contribution in [0.2, 0.25) is 0 Å². The quantitative estimate of drug-likeness (QED) is 0.810. The van der Waals surface area contributed by atoms with Gasteiger partial charge in [0.1, 0.15) is 5.82 Å². The Hall–Kier alpha value is -1.17. The highest BCUT2D eigenvalue weighted by molar-refractivity contribution is 5.55. The number of benzene rings is 1. The van der Waals surface area contributed by atoms with Crippen molar-refractivity contribution in [1.29, 1.82) is 0 Å². The molecule has 0 saturated carbocycles. The molecule has 0 aromatic heterocycles. The fraction of sp³-hybridized carbons (Fsp3) is 0.500. The molecule has 0 bridgehead atoms. The van der Waals surface area contributed by atoms with E-state index in [1.807, 2.05) is 4.90 Å². The third-order valence-corrected chi connectivity index (χ3v) is 3.00. The summed E-state index contributed by atoms with van der Waals surface area (Å²) >= 11 is 0. The number of anilines is 1. The van der Waals surface area contributed by atoms with E-state index in [1.54, 1.807) is 12.1 Å². The predicted octanol–water partition coefficient (Wildman–Crippen LogP) is 0.515. The molecule has 1 fully saturated rings. The molecule has 0 spiro atoms. The minimum Gasteiger partial charge on any atom is -0.394 e. The molecule has 0 amide bonds. The summed E-state index contributed by atoms with van der Waals surface area (Å²) in [6, 6.07) is 4.50. The maximum absolute atomic E-state index is 13.6. The number of halogens is 1. The molecule has 2 rings (SSSR count). The zero-order chi connectivity index (χ0) is 12.3. The SMILES string of the molecule is OCc1c(F)cccc1N1CCOCC1CO. The van der Waals surface area contributed by atoms with Crippen LogP contribution in [-0.2, 0) is 11.3 Å². The van der Waals surface area contributed by atoms with Crippen LogP contribution in [0.3, 0.4) is 0 Å². The third kappa shape index (κ3) is 2.41. The molecule has 5 heteroatoms. The predicted molar refractivity (Wildman–Crippen MR) is 61.4 cm³/mol. The number of aliphatic hydroxyl groups is 2. The summed E-state index contributed by atoms with van der Waals surface area (Å²) in [7, 11) is 0.